The molecule has 0 saturated carbocycles. The number of rotatable bonds is 5. The predicted octanol–water partition coefficient (Wildman–Crippen LogP) is 2.48. The van der Waals surface area contributed by atoms with Gasteiger partial charge in [-0.3, -0.25) is 4.79 Å². The van der Waals surface area contributed by atoms with Crippen LogP contribution in [0.1, 0.15) is 41.9 Å². The van der Waals surface area contributed by atoms with Crippen molar-refractivity contribution in [1.82, 2.24) is 24.5 Å². The first-order valence-corrected chi connectivity index (χ1v) is 8.67. The summed E-state index contributed by atoms with van der Waals surface area (Å²) < 4.78 is 1.64. The fourth-order valence-electron chi connectivity index (χ4n) is 3.17. The van der Waals surface area contributed by atoms with Gasteiger partial charge in [-0.15, -0.1) is 5.10 Å². The number of nitrogens with two attached hydrogens (primary N) is 1. The SMILES string of the molecule is Cc1nc2nc(N)nn2c(C)c1CCC(=O)N(C)[C@@H](C)c1ccccc1. The molecule has 2 aromatic heterocycles. The van der Waals surface area contributed by atoms with Gasteiger partial charge in [-0.05, 0) is 38.3 Å². The largest absolute Gasteiger partial charge is 0.366 e. The van der Waals surface area contributed by atoms with Crippen LogP contribution in [0.2, 0.25) is 0 Å². The van der Waals surface area contributed by atoms with Gasteiger partial charge in [0.2, 0.25) is 11.9 Å². The third-order valence-electron chi connectivity index (χ3n) is 4.91. The summed E-state index contributed by atoms with van der Waals surface area (Å²) in [5.74, 6) is 0.783. The van der Waals surface area contributed by atoms with E-state index in [9.17, 15) is 4.79 Å². The molecule has 0 bridgehead atoms. The van der Waals surface area contributed by atoms with Crippen LogP contribution in [-0.2, 0) is 11.2 Å². The van der Waals surface area contributed by atoms with Crippen LogP contribution in [0.3, 0.4) is 0 Å². The number of nitrogen functional groups attached to an aromatic ring is 1. The van der Waals surface area contributed by atoms with Crippen molar-refractivity contribution in [1.29, 1.82) is 0 Å². The number of aromatic nitrogens is 4. The van der Waals surface area contributed by atoms with E-state index in [4.69, 9.17) is 5.73 Å². The number of hydrogen-bond acceptors (Lipinski definition) is 5. The minimum atomic E-state index is 0.0293. The van der Waals surface area contributed by atoms with Crippen LogP contribution >= 0.6 is 0 Å². The number of carbonyl (C=O) groups is 1. The molecular formula is C19H24N6O. The lowest BCUT2D eigenvalue weighted by molar-refractivity contribution is -0.131. The summed E-state index contributed by atoms with van der Waals surface area (Å²) in [6, 6.07) is 10.1. The minimum Gasteiger partial charge on any atom is -0.366 e. The van der Waals surface area contributed by atoms with E-state index in [1.807, 2.05) is 58.2 Å². The second-order valence-corrected chi connectivity index (χ2v) is 6.53. The van der Waals surface area contributed by atoms with Crippen molar-refractivity contribution in [2.45, 2.75) is 39.7 Å². The predicted molar refractivity (Wildman–Crippen MR) is 101 cm³/mol. The number of fused-ring (bicyclic) bond motifs is 1. The van der Waals surface area contributed by atoms with Crippen molar-refractivity contribution in [3.8, 4) is 0 Å². The van der Waals surface area contributed by atoms with Crippen molar-refractivity contribution in [2.24, 2.45) is 0 Å². The molecule has 0 spiro atoms. The molecule has 2 N–H and O–H groups in total. The number of amides is 1. The van der Waals surface area contributed by atoms with Gasteiger partial charge in [-0.25, -0.2) is 4.98 Å². The highest BCUT2D eigenvalue weighted by Crippen LogP contribution is 2.21. The molecule has 7 heteroatoms. The maximum absolute atomic E-state index is 12.7. The van der Waals surface area contributed by atoms with Crippen LogP contribution in [0.4, 0.5) is 5.95 Å². The summed E-state index contributed by atoms with van der Waals surface area (Å²) in [7, 11) is 1.85. The Labute approximate surface area is 152 Å². The zero-order valence-electron chi connectivity index (χ0n) is 15.6. The average molecular weight is 352 g/mol. The zero-order chi connectivity index (χ0) is 18.8. The summed E-state index contributed by atoms with van der Waals surface area (Å²) >= 11 is 0. The van der Waals surface area contributed by atoms with E-state index in [0.717, 1.165) is 22.5 Å². The first-order chi connectivity index (χ1) is 12.4. The van der Waals surface area contributed by atoms with Gasteiger partial charge in [0.25, 0.3) is 5.78 Å². The Bertz CT molecular complexity index is 934. The summed E-state index contributed by atoms with van der Waals surface area (Å²) in [5, 5.41) is 4.17. The molecule has 1 amide bonds. The molecule has 0 unspecified atom stereocenters. The van der Waals surface area contributed by atoms with Gasteiger partial charge in [-0.1, -0.05) is 30.3 Å². The van der Waals surface area contributed by atoms with Crippen LogP contribution in [-0.4, -0.2) is 37.4 Å². The fourth-order valence-corrected chi connectivity index (χ4v) is 3.17. The molecular weight excluding hydrogens is 328 g/mol. The number of hydrogen-bond donors (Lipinski definition) is 1. The lowest BCUT2D eigenvalue weighted by atomic mass is 10.0. The van der Waals surface area contributed by atoms with Gasteiger partial charge in [0, 0.05) is 24.9 Å². The Hall–Kier alpha value is -2.96. The van der Waals surface area contributed by atoms with E-state index in [1.165, 1.54) is 0 Å². The topological polar surface area (TPSA) is 89.4 Å². The lowest BCUT2D eigenvalue weighted by Crippen LogP contribution is -2.30. The van der Waals surface area contributed by atoms with Crippen LogP contribution in [0, 0.1) is 13.8 Å². The fraction of sp³-hybridized carbons (Fsp3) is 0.368. The lowest BCUT2D eigenvalue weighted by Gasteiger charge is -2.25. The third kappa shape index (κ3) is 3.37. The Morgan fingerprint density at radius 2 is 1.92 bits per heavy atom. The van der Waals surface area contributed by atoms with Crippen molar-refractivity contribution in [3.63, 3.8) is 0 Å². The molecule has 7 nitrogen and oxygen atoms in total. The molecule has 0 aliphatic heterocycles. The molecule has 0 saturated heterocycles. The van der Waals surface area contributed by atoms with Crippen molar-refractivity contribution < 1.29 is 4.79 Å². The number of benzene rings is 1. The average Bonchev–Trinajstić information content (AvgIpc) is 3.01. The first kappa shape index (κ1) is 17.8. The molecule has 3 rings (SSSR count). The molecule has 2 heterocycles. The summed E-state index contributed by atoms with van der Waals surface area (Å²) in [6.45, 7) is 5.91. The molecule has 0 aliphatic rings. The van der Waals surface area contributed by atoms with E-state index in [2.05, 4.69) is 15.1 Å². The molecule has 1 aromatic carbocycles. The van der Waals surface area contributed by atoms with Gasteiger partial charge in [0.15, 0.2) is 0 Å². The monoisotopic (exact) mass is 352 g/mol. The molecule has 1 atom stereocenters. The van der Waals surface area contributed by atoms with E-state index >= 15 is 0 Å². The molecule has 0 aliphatic carbocycles. The van der Waals surface area contributed by atoms with Gasteiger partial charge in [-0.2, -0.15) is 9.50 Å². The normalized spacial score (nSPS) is 12.3. The Balaban J connectivity index is 1.74. The molecule has 3 aromatic rings. The van der Waals surface area contributed by atoms with Crippen LogP contribution in [0.25, 0.3) is 5.78 Å². The number of aryl methyl sites for hydroxylation is 2. The van der Waals surface area contributed by atoms with Crippen molar-refractivity contribution in [3.05, 3.63) is 52.8 Å². The molecule has 26 heavy (non-hydrogen) atoms. The van der Waals surface area contributed by atoms with Gasteiger partial charge in [0.1, 0.15) is 0 Å². The third-order valence-corrected chi connectivity index (χ3v) is 4.91. The van der Waals surface area contributed by atoms with Gasteiger partial charge in [0.05, 0.1) is 6.04 Å². The highest BCUT2D eigenvalue weighted by molar-refractivity contribution is 5.76. The molecule has 136 valence electrons. The van der Waals surface area contributed by atoms with Crippen LogP contribution < -0.4 is 5.73 Å². The van der Waals surface area contributed by atoms with Crippen LogP contribution in [0.15, 0.2) is 30.3 Å². The number of nitrogens with zero attached hydrogens (tertiary/aromatic N) is 5. The Morgan fingerprint density at radius 3 is 2.62 bits per heavy atom. The number of carbonyl (C=O) groups excluding carboxylic acids is 1. The maximum Gasteiger partial charge on any atom is 0.254 e. The van der Waals surface area contributed by atoms with Crippen LogP contribution in [0.5, 0.6) is 0 Å². The number of anilines is 1. The Kier molecular flexibility index (Phi) is 4.88. The molecule has 0 fully saturated rings. The summed E-state index contributed by atoms with van der Waals surface area (Å²) in [4.78, 5) is 23.0. The van der Waals surface area contributed by atoms with E-state index in [-0.39, 0.29) is 17.9 Å². The second-order valence-electron chi connectivity index (χ2n) is 6.53. The highest BCUT2D eigenvalue weighted by atomic mass is 16.2. The quantitative estimate of drug-likeness (QED) is 0.762. The van der Waals surface area contributed by atoms with Crippen molar-refractivity contribution >= 4 is 17.6 Å². The van der Waals surface area contributed by atoms with Gasteiger partial charge >= 0.3 is 0 Å². The van der Waals surface area contributed by atoms with Crippen molar-refractivity contribution in [2.75, 3.05) is 12.8 Å². The smallest absolute Gasteiger partial charge is 0.254 e. The summed E-state index contributed by atoms with van der Waals surface area (Å²) in [5.41, 5.74) is 9.57. The highest BCUT2D eigenvalue weighted by Gasteiger charge is 2.19. The van der Waals surface area contributed by atoms with E-state index in [1.54, 1.807) is 9.42 Å². The van der Waals surface area contributed by atoms with Gasteiger partial charge < -0.3 is 10.6 Å². The molecule has 0 radical (unpaired) electrons. The first-order valence-electron chi connectivity index (χ1n) is 8.67. The van der Waals surface area contributed by atoms with E-state index in [0.29, 0.717) is 18.6 Å². The summed E-state index contributed by atoms with van der Waals surface area (Å²) in [6.07, 6.45) is 1.01. The Morgan fingerprint density at radius 1 is 1.23 bits per heavy atom. The second kappa shape index (κ2) is 7.11. The standard InChI is InChI=1S/C19H24N6O/c1-12-16(14(3)25-19(21-12)22-18(20)23-25)10-11-17(26)24(4)13(2)15-8-6-5-7-9-15/h5-9,13H,10-11H2,1-4H3,(H2,20,23)/t13-/m0/s1. The van der Waals surface area contributed by atoms with E-state index < -0.39 is 0 Å². The zero-order valence-corrected chi connectivity index (χ0v) is 15.6. The minimum absolute atomic E-state index is 0.0293. The maximum atomic E-state index is 12.7.